The molecular weight excluding hydrogens is 418 g/mol. The average molecular weight is 444 g/mol. The van der Waals surface area contributed by atoms with Gasteiger partial charge in [-0.15, -0.1) is 0 Å². The normalized spacial score (nSPS) is 18.0. The van der Waals surface area contributed by atoms with Crippen LogP contribution in [0.2, 0.25) is 5.02 Å². The van der Waals surface area contributed by atoms with Crippen molar-refractivity contribution in [2.24, 2.45) is 5.92 Å². The van der Waals surface area contributed by atoms with Gasteiger partial charge in [-0.3, -0.25) is 9.88 Å². The first kappa shape index (κ1) is 21.2. The summed E-state index contributed by atoms with van der Waals surface area (Å²) in [5, 5.41) is 1.75. The highest BCUT2D eigenvalue weighted by Crippen LogP contribution is 2.25. The number of benzene rings is 2. The lowest BCUT2D eigenvalue weighted by atomic mass is 9.97. The first-order chi connectivity index (χ1) is 14.4. The third kappa shape index (κ3) is 5.01. The van der Waals surface area contributed by atoms with Crippen molar-refractivity contribution in [3.8, 4) is 0 Å². The van der Waals surface area contributed by atoms with Crippen LogP contribution < -0.4 is 4.72 Å². The van der Waals surface area contributed by atoms with E-state index in [9.17, 15) is 8.42 Å². The van der Waals surface area contributed by atoms with Crippen LogP contribution in [0.3, 0.4) is 0 Å². The van der Waals surface area contributed by atoms with Gasteiger partial charge in [-0.1, -0.05) is 35.4 Å². The van der Waals surface area contributed by atoms with Gasteiger partial charge >= 0.3 is 0 Å². The van der Waals surface area contributed by atoms with Gasteiger partial charge < -0.3 is 0 Å². The summed E-state index contributed by atoms with van der Waals surface area (Å²) in [6, 6.07) is 14.8. The Bertz CT molecular complexity index is 1130. The molecule has 0 bridgehead atoms. The van der Waals surface area contributed by atoms with Crippen LogP contribution in [-0.4, -0.2) is 37.9 Å². The number of halogens is 1. The van der Waals surface area contributed by atoms with Crippen molar-refractivity contribution in [3.05, 3.63) is 70.9 Å². The summed E-state index contributed by atoms with van der Waals surface area (Å²) in [5.74, 6) is 0.275. The summed E-state index contributed by atoms with van der Waals surface area (Å²) in [5.41, 5.74) is 3.13. The summed E-state index contributed by atoms with van der Waals surface area (Å²) in [6.07, 6.45) is 3.86. The molecule has 0 spiro atoms. The Morgan fingerprint density at radius 3 is 2.80 bits per heavy atom. The van der Waals surface area contributed by atoms with Gasteiger partial charge in [0.05, 0.1) is 10.4 Å². The molecule has 2 heterocycles. The SMILES string of the molecule is Cc1ccc(S(=O)(=O)NCC2CCCN(Cc3cc(Cl)cc4cccnc34)C2)cc1. The Morgan fingerprint density at radius 2 is 2.00 bits per heavy atom. The highest BCUT2D eigenvalue weighted by Gasteiger charge is 2.23. The van der Waals surface area contributed by atoms with E-state index >= 15 is 0 Å². The molecule has 0 amide bonds. The lowest BCUT2D eigenvalue weighted by molar-refractivity contribution is 0.169. The topological polar surface area (TPSA) is 62.3 Å². The largest absolute Gasteiger partial charge is 0.299 e. The van der Waals surface area contributed by atoms with Crippen LogP contribution in [0.5, 0.6) is 0 Å². The number of sulfonamides is 1. The van der Waals surface area contributed by atoms with Gasteiger partial charge in [-0.05, 0) is 68.1 Å². The summed E-state index contributed by atoms with van der Waals surface area (Å²) < 4.78 is 28.0. The lowest BCUT2D eigenvalue weighted by Crippen LogP contribution is -2.40. The molecule has 1 aliphatic rings. The number of nitrogens with one attached hydrogen (secondary N) is 1. The molecule has 4 rings (SSSR count). The zero-order valence-corrected chi connectivity index (χ0v) is 18.6. The van der Waals surface area contributed by atoms with Gasteiger partial charge in [0, 0.05) is 36.2 Å². The monoisotopic (exact) mass is 443 g/mol. The molecule has 0 saturated carbocycles. The average Bonchev–Trinajstić information content (AvgIpc) is 2.73. The number of fused-ring (bicyclic) bond motifs is 1. The van der Waals surface area contributed by atoms with Crippen molar-refractivity contribution in [1.29, 1.82) is 0 Å². The van der Waals surface area contributed by atoms with Gasteiger partial charge in [0.2, 0.25) is 10.0 Å². The van der Waals surface area contributed by atoms with E-state index in [2.05, 4.69) is 14.6 Å². The Kier molecular flexibility index (Phi) is 6.39. The minimum atomic E-state index is -3.48. The Labute approximate surface area is 183 Å². The third-order valence-corrected chi connectivity index (χ3v) is 7.30. The van der Waals surface area contributed by atoms with Gasteiger partial charge in [0.1, 0.15) is 0 Å². The summed E-state index contributed by atoms with van der Waals surface area (Å²) in [6.45, 7) is 4.98. The van der Waals surface area contributed by atoms with Crippen LogP contribution in [-0.2, 0) is 16.6 Å². The first-order valence-corrected chi connectivity index (χ1v) is 12.1. The Hall–Kier alpha value is -1.99. The minimum Gasteiger partial charge on any atom is -0.299 e. The molecule has 30 heavy (non-hydrogen) atoms. The number of aryl methyl sites for hydroxylation is 1. The van der Waals surface area contributed by atoms with Gasteiger partial charge in [0.25, 0.3) is 0 Å². The maximum atomic E-state index is 12.6. The van der Waals surface area contributed by atoms with Crippen molar-refractivity contribution in [2.45, 2.75) is 31.2 Å². The van der Waals surface area contributed by atoms with Crippen LogP contribution in [0.25, 0.3) is 10.9 Å². The molecule has 1 N–H and O–H groups in total. The number of piperidine rings is 1. The lowest BCUT2D eigenvalue weighted by Gasteiger charge is -2.33. The molecule has 1 fully saturated rings. The highest BCUT2D eigenvalue weighted by atomic mass is 35.5. The van der Waals surface area contributed by atoms with E-state index in [1.165, 1.54) is 0 Å². The second-order valence-electron chi connectivity index (χ2n) is 8.05. The van der Waals surface area contributed by atoms with E-state index in [0.717, 1.165) is 54.5 Å². The number of rotatable bonds is 6. The third-order valence-electron chi connectivity index (χ3n) is 5.64. The van der Waals surface area contributed by atoms with E-state index in [1.807, 2.05) is 43.3 Å². The molecule has 1 aliphatic heterocycles. The zero-order chi connectivity index (χ0) is 21.1. The molecule has 5 nitrogen and oxygen atoms in total. The molecular formula is C23H26ClN3O2S. The highest BCUT2D eigenvalue weighted by molar-refractivity contribution is 7.89. The van der Waals surface area contributed by atoms with Gasteiger partial charge in [-0.25, -0.2) is 13.1 Å². The Balaban J connectivity index is 1.41. The molecule has 1 atom stereocenters. The fraction of sp³-hybridized carbons (Fsp3) is 0.348. The van der Waals surface area contributed by atoms with E-state index < -0.39 is 10.0 Å². The number of aromatic nitrogens is 1. The van der Waals surface area contributed by atoms with E-state index in [0.29, 0.717) is 16.5 Å². The predicted molar refractivity (Wildman–Crippen MR) is 121 cm³/mol. The second kappa shape index (κ2) is 9.02. The summed E-state index contributed by atoms with van der Waals surface area (Å²) in [7, 11) is -3.48. The molecule has 1 saturated heterocycles. The van der Waals surface area contributed by atoms with Crippen LogP contribution in [0.15, 0.2) is 59.6 Å². The zero-order valence-electron chi connectivity index (χ0n) is 17.0. The maximum Gasteiger partial charge on any atom is 0.240 e. The van der Waals surface area contributed by atoms with Crippen molar-refractivity contribution in [2.75, 3.05) is 19.6 Å². The van der Waals surface area contributed by atoms with Crippen LogP contribution in [0.1, 0.15) is 24.0 Å². The molecule has 0 aliphatic carbocycles. The molecule has 3 aromatic rings. The standard InChI is InChI=1S/C23H26ClN3O2S/c1-17-6-8-22(9-7-17)30(28,29)26-14-18-4-3-11-27(15-18)16-20-13-21(24)12-19-5-2-10-25-23(19)20/h2,5-10,12-13,18,26H,3-4,11,14-16H2,1H3. The number of pyridine rings is 1. The number of likely N-dealkylation sites (tertiary alicyclic amines) is 1. The summed E-state index contributed by atoms with van der Waals surface area (Å²) >= 11 is 6.32. The fourth-order valence-electron chi connectivity index (χ4n) is 4.08. The second-order valence-corrected chi connectivity index (χ2v) is 10.3. The summed E-state index contributed by atoms with van der Waals surface area (Å²) in [4.78, 5) is 7.22. The molecule has 7 heteroatoms. The molecule has 158 valence electrons. The van der Waals surface area contributed by atoms with E-state index in [4.69, 9.17) is 11.6 Å². The molecule has 1 aromatic heterocycles. The quantitative estimate of drug-likeness (QED) is 0.613. The Morgan fingerprint density at radius 1 is 1.20 bits per heavy atom. The minimum absolute atomic E-state index is 0.275. The first-order valence-electron chi connectivity index (χ1n) is 10.2. The van der Waals surface area contributed by atoms with Crippen LogP contribution in [0.4, 0.5) is 0 Å². The van der Waals surface area contributed by atoms with Crippen molar-refractivity contribution < 1.29 is 8.42 Å². The van der Waals surface area contributed by atoms with Crippen molar-refractivity contribution >= 4 is 32.5 Å². The maximum absolute atomic E-state index is 12.6. The van der Waals surface area contributed by atoms with Gasteiger partial charge in [-0.2, -0.15) is 0 Å². The number of hydrogen-bond donors (Lipinski definition) is 1. The van der Waals surface area contributed by atoms with E-state index in [-0.39, 0.29) is 5.92 Å². The molecule has 1 unspecified atom stereocenters. The van der Waals surface area contributed by atoms with Crippen LogP contribution in [0, 0.1) is 12.8 Å². The van der Waals surface area contributed by atoms with E-state index in [1.54, 1.807) is 18.3 Å². The smallest absolute Gasteiger partial charge is 0.240 e. The number of nitrogens with zero attached hydrogens (tertiary/aromatic N) is 2. The predicted octanol–water partition coefficient (Wildman–Crippen LogP) is 4.39. The van der Waals surface area contributed by atoms with Crippen molar-refractivity contribution in [3.63, 3.8) is 0 Å². The van der Waals surface area contributed by atoms with Gasteiger partial charge in [0.15, 0.2) is 0 Å². The number of hydrogen-bond acceptors (Lipinski definition) is 4. The molecule has 0 radical (unpaired) electrons. The fourth-order valence-corrected chi connectivity index (χ4v) is 5.44. The van der Waals surface area contributed by atoms with Crippen molar-refractivity contribution in [1.82, 2.24) is 14.6 Å². The molecule has 2 aromatic carbocycles. The van der Waals surface area contributed by atoms with Crippen LogP contribution >= 0.6 is 11.6 Å².